The zero-order chi connectivity index (χ0) is 15.3. The lowest BCUT2D eigenvalue weighted by atomic mass is 10.3. The van der Waals surface area contributed by atoms with Crippen LogP contribution in [0.1, 0.15) is 46.0 Å². The van der Waals surface area contributed by atoms with Gasteiger partial charge in [-0.1, -0.05) is 20.3 Å². The Morgan fingerprint density at radius 1 is 1.33 bits per heavy atom. The van der Waals surface area contributed by atoms with E-state index < -0.39 is 10.0 Å². The second-order valence-electron chi connectivity index (χ2n) is 5.48. The van der Waals surface area contributed by atoms with E-state index in [2.05, 4.69) is 24.1 Å². The third kappa shape index (κ3) is 3.95. The van der Waals surface area contributed by atoms with Gasteiger partial charge in [-0.3, -0.25) is 0 Å². The summed E-state index contributed by atoms with van der Waals surface area (Å²) in [6, 6.07) is 3.73. The van der Waals surface area contributed by atoms with Crippen LogP contribution >= 0.6 is 0 Å². The summed E-state index contributed by atoms with van der Waals surface area (Å²) in [5.41, 5.74) is 0.612. The SMILES string of the molecule is CCCCN(C1CC1)S(=O)(=O)c1ncccc1NCCC. The first-order chi connectivity index (χ1) is 10.1. The highest BCUT2D eigenvalue weighted by molar-refractivity contribution is 7.89. The van der Waals surface area contributed by atoms with E-state index in [1.165, 1.54) is 0 Å². The summed E-state index contributed by atoms with van der Waals surface area (Å²) >= 11 is 0. The number of hydrogen-bond acceptors (Lipinski definition) is 4. The molecule has 0 spiro atoms. The Bertz CT molecular complexity index is 556. The summed E-state index contributed by atoms with van der Waals surface area (Å²) in [6.45, 7) is 5.46. The molecule has 1 N–H and O–H groups in total. The first-order valence-electron chi connectivity index (χ1n) is 7.82. The number of aromatic nitrogens is 1. The topological polar surface area (TPSA) is 62.3 Å². The van der Waals surface area contributed by atoms with Crippen LogP contribution in [0.15, 0.2) is 23.4 Å². The molecule has 1 aliphatic carbocycles. The zero-order valence-corrected chi connectivity index (χ0v) is 13.7. The molecule has 6 heteroatoms. The Labute approximate surface area is 127 Å². The van der Waals surface area contributed by atoms with Gasteiger partial charge < -0.3 is 5.32 Å². The minimum atomic E-state index is -3.51. The summed E-state index contributed by atoms with van der Waals surface area (Å²) < 4.78 is 27.5. The van der Waals surface area contributed by atoms with Gasteiger partial charge in [0.05, 0.1) is 5.69 Å². The second kappa shape index (κ2) is 7.22. The molecule has 2 rings (SSSR count). The minimum Gasteiger partial charge on any atom is -0.383 e. The minimum absolute atomic E-state index is 0.168. The van der Waals surface area contributed by atoms with Crippen molar-refractivity contribution in [2.45, 2.75) is 57.0 Å². The van der Waals surface area contributed by atoms with Crippen molar-refractivity contribution in [3.05, 3.63) is 18.3 Å². The smallest absolute Gasteiger partial charge is 0.262 e. The Morgan fingerprint density at radius 3 is 2.71 bits per heavy atom. The highest BCUT2D eigenvalue weighted by Crippen LogP contribution is 2.33. The fourth-order valence-corrected chi connectivity index (χ4v) is 4.08. The van der Waals surface area contributed by atoms with E-state index in [1.54, 1.807) is 22.6 Å². The molecule has 118 valence electrons. The molecule has 0 atom stereocenters. The van der Waals surface area contributed by atoms with Gasteiger partial charge in [0.2, 0.25) is 0 Å². The molecular formula is C15H25N3O2S. The normalized spacial score (nSPS) is 15.4. The maximum absolute atomic E-state index is 12.9. The molecule has 0 aliphatic heterocycles. The highest BCUT2D eigenvalue weighted by Gasteiger charge is 2.39. The number of nitrogens with zero attached hydrogens (tertiary/aromatic N) is 2. The Hall–Kier alpha value is -1.14. The van der Waals surface area contributed by atoms with Crippen molar-refractivity contribution in [1.82, 2.24) is 9.29 Å². The van der Waals surface area contributed by atoms with Crippen molar-refractivity contribution in [1.29, 1.82) is 0 Å². The molecule has 1 aromatic heterocycles. The van der Waals surface area contributed by atoms with Crippen molar-refractivity contribution in [2.24, 2.45) is 0 Å². The van der Waals surface area contributed by atoms with Crippen LogP contribution in [-0.4, -0.2) is 36.8 Å². The quantitative estimate of drug-likeness (QED) is 0.762. The summed E-state index contributed by atoms with van der Waals surface area (Å²) in [7, 11) is -3.51. The van der Waals surface area contributed by atoms with E-state index in [9.17, 15) is 8.42 Å². The molecule has 0 amide bonds. The first kappa shape index (κ1) is 16.2. The maximum Gasteiger partial charge on any atom is 0.262 e. The fourth-order valence-electron chi connectivity index (χ4n) is 2.28. The van der Waals surface area contributed by atoms with Gasteiger partial charge in [0.15, 0.2) is 5.03 Å². The molecule has 0 radical (unpaired) electrons. The van der Waals surface area contributed by atoms with Crippen molar-refractivity contribution in [3.8, 4) is 0 Å². The molecule has 1 heterocycles. The van der Waals surface area contributed by atoms with Crippen LogP contribution < -0.4 is 5.32 Å². The predicted molar refractivity (Wildman–Crippen MR) is 84.8 cm³/mol. The van der Waals surface area contributed by atoms with Crippen molar-refractivity contribution < 1.29 is 8.42 Å². The molecule has 0 aromatic carbocycles. The number of hydrogen-bond donors (Lipinski definition) is 1. The molecular weight excluding hydrogens is 286 g/mol. The highest BCUT2D eigenvalue weighted by atomic mass is 32.2. The van der Waals surface area contributed by atoms with Crippen LogP contribution in [0.3, 0.4) is 0 Å². The van der Waals surface area contributed by atoms with Gasteiger partial charge >= 0.3 is 0 Å². The first-order valence-corrected chi connectivity index (χ1v) is 9.26. The predicted octanol–water partition coefficient (Wildman–Crippen LogP) is 2.86. The van der Waals surface area contributed by atoms with E-state index in [1.807, 2.05) is 0 Å². The van der Waals surface area contributed by atoms with Gasteiger partial charge in [0, 0.05) is 25.3 Å². The van der Waals surface area contributed by atoms with E-state index in [0.29, 0.717) is 12.2 Å². The third-order valence-electron chi connectivity index (χ3n) is 3.58. The van der Waals surface area contributed by atoms with Gasteiger partial charge in [0.1, 0.15) is 0 Å². The standard InChI is InChI=1S/C15H25N3O2S/c1-3-5-12-18(13-8-9-13)21(19,20)15-14(16-10-4-2)7-6-11-17-15/h6-7,11,13,16H,3-5,8-10,12H2,1-2H3. The maximum atomic E-state index is 12.9. The zero-order valence-electron chi connectivity index (χ0n) is 12.9. The fraction of sp³-hybridized carbons (Fsp3) is 0.667. The number of nitrogens with one attached hydrogen (secondary N) is 1. The van der Waals surface area contributed by atoms with E-state index >= 15 is 0 Å². The Morgan fingerprint density at radius 2 is 2.10 bits per heavy atom. The molecule has 0 unspecified atom stereocenters. The Kier molecular flexibility index (Phi) is 5.58. The Balaban J connectivity index is 2.28. The molecule has 0 bridgehead atoms. The number of sulfonamides is 1. The van der Waals surface area contributed by atoms with Crippen LogP contribution in [0.2, 0.25) is 0 Å². The summed E-state index contributed by atoms with van der Waals surface area (Å²) in [5.74, 6) is 0. The van der Waals surface area contributed by atoms with Gasteiger partial charge in [-0.15, -0.1) is 0 Å². The van der Waals surface area contributed by atoms with E-state index in [-0.39, 0.29) is 11.1 Å². The largest absolute Gasteiger partial charge is 0.383 e. The van der Waals surface area contributed by atoms with Gasteiger partial charge in [-0.25, -0.2) is 13.4 Å². The van der Waals surface area contributed by atoms with E-state index in [0.717, 1.165) is 38.6 Å². The van der Waals surface area contributed by atoms with Crippen LogP contribution in [-0.2, 0) is 10.0 Å². The van der Waals surface area contributed by atoms with Crippen LogP contribution in [0.5, 0.6) is 0 Å². The number of unbranched alkanes of at least 4 members (excludes halogenated alkanes) is 1. The molecule has 1 aliphatic rings. The lowest BCUT2D eigenvalue weighted by Gasteiger charge is -2.22. The molecule has 5 nitrogen and oxygen atoms in total. The lowest BCUT2D eigenvalue weighted by Crippen LogP contribution is -2.35. The molecule has 0 saturated heterocycles. The summed E-state index contributed by atoms with van der Waals surface area (Å²) in [4.78, 5) is 4.15. The average Bonchev–Trinajstić information content (AvgIpc) is 3.30. The second-order valence-corrected chi connectivity index (χ2v) is 7.29. The van der Waals surface area contributed by atoms with Crippen LogP contribution in [0, 0.1) is 0 Å². The van der Waals surface area contributed by atoms with Crippen LogP contribution in [0.4, 0.5) is 5.69 Å². The number of anilines is 1. The molecule has 1 saturated carbocycles. The number of pyridine rings is 1. The van der Waals surface area contributed by atoms with Crippen LogP contribution in [0.25, 0.3) is 0 Å². The monoisotopic (exact) mass is 311 g/mol. The van der Waals surface area contributed by atoms with Gasteiger partial charge in [0.25, 0.3) is 10.0 Å². The lowest BCUT2D eigenvalue weighted by molar-refractivity contribution is 0.394. The van der Waals surface area contributed by atoms with E-state index in [4.69, 9.17) is 0 Å². The summed E-state index contributed by atoms with van der Waals surface area (Å²) in [5, 5.41) is 3.34. The summed E-state index contributed by atoms with van der Waals surface area (Å²) in [6.07, 6.45) is 6.30. The average molecular weight is 311 g/mol. The van der Waals surface area contributed by atoms with Crippen molar-refractivity contribution in [2.75, 3.05) is 18.4 Å². The number of rotatable bonds is 9. The van der Waals surface area contributed by atoms with Gasteiger partial charge in [-0.05, 0) is 37.8 Å². The van der Waals surface area contributed by atoms with Crippen molar-refractivity contribution in [3.63, 3.8) is 0 Å². The third-order valence-corrected chi connectivity index (χ3v) is 5.49. The molecule has 1 fully saturated rings. The molecule has 21 heavy (non-hydrogen) atoms. The van der Waals surface area contributed by atoms with Gasteiger partial charge in [-0.2, -0.15) is 4.31 Å². The van der Waals surface area contributed by atoms with Crippen molar-refractivity contribution >= 4 is 15.7 Å². The molecule has 1 aromatic rings.